The fraction of sp³-hybridized carbons (Fsp3) is 0.455. The van der Waals surface area contributed by atoms with Crippen LogP contribution in [0.15, 0.2) is 17.0 Å². The zero-order chi connectivity index (χ0) is 14.6. The van der Waals surface area contributed by atoms with Crippen molar-refractivity contribution in [1.29, 1.82) is 0 Å². The number of hydrogen-bond acceptors (Lipinski definition) is 4. The molecule has 8 heteroatoms. The van der Waals surface area contributed by atoms with Crippen molar-refractivity contribution in [3.05, 3.63) is 27.7 Å². The fourth-order valence-electron chi connectivity index (χ4n) is 1.43. The van der Waals surface area contributed by atoms with Crippen molar-refractivity contribution in [3.63, 3.8) is 0 Å². The molecule has 1 rings (SSSR count). The molecule has 0 aromatic heterocycles. The number of sulfonamides is 1. The van der Waals surface area contributed by atoms with Gasteiger partial charge < -0.3 is 10.5 Å². The number of ether oxygens (including phenoxy) is 1. The minimum Gasteiger partial charge on any atom is -0.383 e. The summed E-state index contributed by atoms with van der Waals surface area (Å²) in [6, 6.07) is 2.80. The summed E-state index contributed by atoms with van der Waals surface area (Å²) in [5.41, 5.74) is 6.05. The standard InChI is InChI=1S/C11H16Cl2N2O3S/c1-15(3-4-18-2)19(16,17)11-5-8(7-14)9(12)6-10(11)13/h5-6H,3-4,7,14H2,1-2H3. The molecule has 2 N–H and O–H groups in total. The van der Waals surface area contributed by atoms with E-state index >= 15 is 0 Å². The van der Waals surface area contributed by atoms with E-state index in [4.69, 9.17) is 33.7 Å². The molecule has 1 aromatic rings. The number of nitrogens with zero attached hydrogens (tertiary/aromatic N) is 1. The van der Waals surface area contributed by atoms with Gasteiger partial charge in [0.05, 0.1) is 11.6 Å². The smallest absolute Gasteiger partial charge is 0.244 e. The van der Waals surface area contributed by atoms with Crippen LogP contribution in [-0.4, -0.2) is 40.0 Å². The van der Waals surface area contributed by atoms with E-state index in [-0.39, 0.29) is 23.0 Å². The normalized spacial score (nSPS) is 12.1. The SMILES string of the molecule is COCCN(C)S(=O)(=O)c1cc(CN)c(Cl)cc1Cl. The van der Waals surface area contributed by atoms with E-state index in [2.05, 4.69) is 0 Å². The molecule has 0 spiro atoms. The molecule has 0 unspecified atom stereocenters. The Hall–Kier alpha value is -0.370. The maximum atomic E-state index is 12.3. The zero-order valence-corrected chi connectivity index (χ0v) is 13.0. The number of benzene rings is 1. The van der Waals surface area contributed by atoms with Crippen LogP contribution >= 0.6 is 23.2 Å². The minimum absolute atomic E-state index is 0.00220. The predicted molar refractivity (Wildman–Crippen MR) is 76.0 cm³/mol. The lowest BCUT2D eigenvalue weighted by Gasteiger charge is -2.18. The van der Waals surface area contributed by atoms with Crippen LogP contribution in [0.3, 0.4) is 0 Å². The summed E-state index contributed by atoms with van der Waals surface area (Å²) < 4.78 is 30.7. The quantitative estimate of drug-likeness (QED) is 0.863. The highest BCUT2D eigenvalue weighted by atomic mass is 35.5. The van der Waals surface area contributed by atoms with Gasteiger partial charge in [-0.25, -0.2) is 8.42 Å². The predicted octanol–water partition coefficient (Wildman–Crippen LogP) is 1.72. The number of nitrogens with two attached hydrogens (primary N) is 1. The van der Waals surface area contributed by atoms with Gasteiger partial charge in [-0.1, -0.05) is 23.2 Å². The van der Waals surface area contributed by atoms with Crippen LogP contribution in [0.1, 0.15) is 5.56 Å². The van der Waals surface area contributed by atoms with Gasteiger partial charge in [-0.2, -0.15) is 4.31 Å². The Morgan fingerprint density at radius 1 is 1.32 bits per heavy atom. The van der Waals surface area contributed by atoms with E-state index in [1.807, 2.05) is 0 Å². The van der Waals surface area contributed by atoms with E-state index in [1.54, 1.807) is 0 Å². The first-order chi connectivity index (χ1) is 8.84. The lowest BCUT2D eigenvalue weighted by atomic mass is 10.2. The second kappa shape index (κ2) is 6.88. The Labute approximate surface area is 123 Å². The fourth-order valence-corrected chi connectivity index (χ4v) is 3.43. The van der Waals surface area contributed by atoms with Crippen LogP contribution in [-0.2, 0) is 21.3 Å². The van der Waals surface area contributed by atoms with Gasteiger partial charge in [0.1, 0.15) is 4.90 Å². The van der Waals surface area contributed by atoms with E-state index in [9.17, 15) is 8.42 Å². The highest BCUT2D eigenvalue weighted by Crippen LogP contribution is 2.30. The first-order valence-electron chi connectivity index (χ1n) is 5.47. The molecule has 0 heterocycles. The number of halogens is 2. The number of rotatable bonds is 6. The van der Waals surface area contributed by atoms with Crippen molar-refractivity contribution in [3.8, 4) is 0 Å². The highest BCUT2D eigenvalue weighted by Gasteiger charge is 2.24. The molecule has 0 saturated carbocycles. The molecule has 1 aromatic carbocycles. The van der Waals surface area contributed by atoms with Gasteiger partial charge in [0.25, 0.3) is 0 Å². The van der Waals surface area contributed by atoms with Crippen molar-refractivity contribution >= 4 is 33.2 Å². The molecule has 0 amide bonds. The van der Waals surface area contributed by atoms with Crippen LogP contribution in [0.2, 0.25) is 10.0 Å². The third-order valence-electron chi connectivity index (χ3n) is 2.62. The maximum Gasteiger partial charge on any atom is 0.244 e. The van der Waals surface area contributed by atoms with Crippen LogP contribution in [0.4, 0.5) is 0 Å². The van der Waals surface area contributed by atoms with Crippen molar-refractivity contribution in [2.24, 2.45) is 5.73 Å². The van der Waals surface area contributed by atoms with Crippen molar-refractivity contribution in [2.45, 2.75) is 11.4 Å². The Kier molecular flexibility index (Phi) is 6.04. The van der Waals surface area contributed by atoms with Crippen molar-refractivity contribution in [1.82, 2.24) is 4.31 Å². The average molecular weight is 327 g/mol. The Bertz CT molecular complexity index is 549. The first-order valence-corrected chi connectivity index (χ1v) is 7.67. The molecule has 0 fully saturated rings. The van der Waals surface area contributed by atoms with Gasteiger partial charge in [-0.15, -0.1) is 0 Å². The largest absolute Gasteiger partial charge is 0.383 e. The van der Waals surface area contributed by atoms with Crippen molar-refractivity contribution < 1.29 is 13.2 Å². The van der Waals surface area contributed by atoms with Gasteiger partial charge in [0.15, 0.2) is 0 Å². The molecule has 108 valence electrons. The second-order valence-electron chi connectivity index (χ2n) is 3.90. The van der Waals surface area contributed by atoms with Gasteiger partial charge in [0.2, 0.25) is 10.0 Å². The second-order valence-corrected chi connectivity index (χ2v) is 6.73. The molecule has 0 aliphatic rings. The summed E-state index contributed by atoms with van der Waals surface area (Å²) in [5, 5.41) is 0.428. The average Bonchev–Trinajstić information content (AvgIpc) is 2.35. The number of hydrogen-bond donors (Lipinski definition) is 1. The maximum absolute atomic E-state index is 12.3. The van der Waals surface area contributed by atoms with E-state index in [0.29, 0.717) is 17.2 Å². The molecular weight excluding hydrogens is 311 g/mol. The monoisotopic (exact) mass is 326 g/mol. The topological polar surface area (TPSA) is 72.6 Å². The molecule has 0 bridgehead atoms. The van der Waals surface area contributed by atoms with Gasteiger partial charge in [0, 0.05) is 32.3 Å². The lowest BCUT2D eigenvalue weighted by molar-refractivity contribution is 0.185. The van der Waals surface area contributed by atoms with Crippen LogP contribution in [0.5, 0.6) is 0 Å². The van der Waals surface area contributed by atoms with Crippen LogP contribution in [0.25, 0.3) is 0 Å². The molecule has 5 nitrogen and oxygen atoms in total. The molecule has 0 radical (unpaired) electrons. The van der Waals surface area contributed by atoms with Gasteiger partial charge >= 0.3 is 0 Å². The van der Waals surface area contributed by atoms with Crippen molar-refractivity contribution in [2.75, 3.05) is 27.3 Å². The Balaban J connectivity index is 3.21. The minimum atomic E-state index is -3.68. The third kappa shape index (κ3) is 3.81. The zero-order valence-electron chi connectivity index (χ0n) is 10.7. The number of likely N-dealkylation sites (N-methyl/N-ethyl adjacent to an activating group) is 1. The summed E-state index contributed by atoms with van der Waals surface area (Å²) in [6.07, 6.45) is 0. The Morgan fingerprint density at radius 2 is 1.95 bits per heavy atom. The van der Waals surface area contributed by atoms with Gasteiger partial charge in [-0.05, 0) is 17.7 Å². The molecule has 0 saturated heterocycles. The summed E-state index contributed by atoms with van der Waals surface area (Å²) in [6.45, 7) is 0.667. The first kappa shape index (κ1) is 16.7. The lowest BCUT2D eigenvalue weighted by Crippen LogP contribution is -2.30. The molecule has 0 aliphatic heterocycles. The summed E-state index contributed by atoms with van der Waals surface area (Å²) in [7, 11) is -0.722. The van der Waals surface area contributed by atoms with Crippen LogP contribution in [0, 0.1) is 0 Å². The Morgan fingerprint density at radius 3 is 2.47 bits per heavy atom. The van der Waals surface area contributed by atoms with E-state index < -0.39 is 10.0 Å². The summed E-state index contributed by atoms with van der Waals surface area (Å²) in [5.74, 6) is 0. The van der Waals surface area contributed by atoms with E-state index in [1.165, 1.54) is 30.6 Å². The molecule has 0 aliphatic carbocycles. The van der Waals surface area contributed by atoms with E-state index in [0.717, 1.165) is 0 Å². The third-order valence-corrected chi connectivity index (χ3v) is 5.29. The molecule has 19 heavy (non-hydrogen) atoms. The summed E-state index contributed by atoms with van der Waals surface area (Å²) in [4.78, 5) is -0.00220. The van der Waals surface area contributed by atoms with Gasteiger partial charge in [-0.3, -0.25) is 0 Å². The molecular formula is C11H16Cl2N2O3S. The van der Waals surface area contributed by atoms with Crippen LogP contribution < -0.4 is 5.73 Å². The number of methoxy groups -OCH3 is 1. The molecule has 0 atom stereocenters. The summed E-state index contributed by atoms with van der Waals surface area (Å²) >= 11 is 11.9. The highest BCUT2D eigenvalue weighted by molar-refractivity contribution is 7.89.